The van der Waals surface area contributed by atoms with Gasteiger partial charge in [0.05, 0.1) is 12.6 Å². The van der Waals surface area contributed by atoms with Crippen molar-refractivity contribution in [3.63, 3.8) is 0 Å². The van der Waals surface area contributed by atoms with Gasteiger partial charge in [-0.05, 0) is 53.6 Å². The molecule has 0 bridgehead atoms. The number of hydrogen-bond acceptors (Lipinski definition) is 4. The van der Waals surface area contributed by atoms with Crippen LogP contribution in [-0.4, -0.2) is 48.8 Å². The molecule has 0 radical (unpaired) electrons. The summed E-state index contributed by atoms with van der Waals surface area (Å²) in [6, 6.07) is -0.364. The molecule has 0 aliphatic heterocycles. The highest BCUT2D eigenvalue weighted by Crippen LogP contribution is 2.19. The zero-order chi connectivity index (χ0) is 14.2. The van der Waals surface area contributed by atoms with E-state index < -0.39 is 0 Å². The minimum Gasteiger partial charge on any atom is -0.330 e. The summed E-state index contributed by atoms with van der Waals surface area (Å²) in [6.45, 7) is 6.70. The Morgan fingerprint density at radius 1 is 1.39 bits per heavy atom. The Hall–Kier alpha value is -0.940. The quantitative estimate of drug-likeness (QED) is 0.491. The molecule has 106 valence electrons. The monoisotopic (exact) mass is 257 g/mol. The fourth-order valence-electron chi connectivity index (χ4n) is 2.05. The second-order valence-electron chi connectivity index (χ2n) is 5.45. The largest absolute Gasteiger partial charge is 0.330 e. The third-order valence-corrected chi connectivity index (χ3v) is 2.76. The second-order valence-corrected chi connectivity index (χ2v) is 5.45. The van der Waals surface area contributed by atoms with E-state index in [1.807, 2.05) is 20.8 Å². The standard InChI is InChI=1S/C13H27N3O2/c1-13(2,3)16(12(18)9-15-4)11(10-17)7-5-6-8-14/h10-11,15H,5-9,14H2,1-4H3/t11-/m0/s1. The van der Waals surface area contributed by atoms with Gasteiger partial charge in [0.15, 0.2) is 0 Å². The van der Waals surface area contributed by atoms with Crippen LogP contribution < -0.4 is 11.1 Å². The second kappa shape index (κ2) is 8.21. The summed E-state index contributed by atoms with van der Waals surface area (Å²) in [4.78, 5) is 25.0. The summed E-state index contributed by atoms with van der Waals surface area (Å²) in [5.41, 5.74) is 5.09. The topological polar surface area (TPSA) is 75.4 Å². The highest BCUT2D eigenvalue weighted by atomic mass is 16.2. The van der Waals surface area contributed by atoms with E-state index in [-0.39, 0.29) is 24.0 Å². The highest BCUT2D eigenvalue weighted by Gasteiger charge is 2.32. The van der Waals surface area contributed by atoms with Crippen LogP contribution in [0.25, 0.3) is 0 Å². The molecular formula is C13H27N3O2. The van der Waals surface area contributed by atoms with Crippen molar-refractivity contribution in [2.45, 2.75) is 51.6 Å². The van der Waals surface area contributed by atoms with Crippen LogP contribution in [0.15, 0.2) is 0 Å². The van der Waals surface area contributed by atoms with Gasteiger partial charge in [-0.2, -0.15) is 0 Å². The number of rotatable bonds is 8. The van der Waals surface area contributed by atoms with Gasteiger partial charge in [-0.15, -0.1) is 0 Å². The van der Waals surface area contributed by atoms with E-state index >= 15 is 0 Å². The maximum atomic E-state index is 12.1. The lowest BCUT2D eigenvalue weighted by Crippen LogP contribution is -2.54. The molecular weight excluding hydrogens is 230 g/mol. The molecule has 0 unspecified atom stereocenters. The van der Waals surface area contributed by atoms with Crippen LogP contribution in [0, 0.1) is 0 Å². The molecule has 0 heterocycles. The Morgan fingerprint density at radius 3 is 2.39 bits per heavy atom. The number of carbonyl (C=O) groups is 2. The van der Waals surface area contributed by atoms with Gasteiger partial charge in [-0.25, -0.2) is 0 Å². The maximum Gasteiger partial charge on any atom is 0.237 e. The smallest absolute Gasteiger partial charge is 0.237 e. The highest BCUT2D eigenvalue weighted by molar-refractivity contribution is 5.82. The summed E-state index contributed by atoms with van der Waals surface area (Å²) < 4.78 is 0. The van der Waals surface area contributed by atoms with Crippen molar-refractivity contribution in [3.05, 3.63) is 0 Å². The van der Waals surface area contributed by atoms with Crippen LogP contribution in [-0.2, 0) is 9.59 Å². The number of amides is 1. The number of nitrogens with zero attached hydrogens (tertiary/aromatic N) is 1. The molecule has 0 fully saturated rings. The lowest BCUT2D eigenvalue weighted by molar-refractivity contribution is -0.141. The molecule has 5 nitrogen and oxygen atoms in total. The minimum absolute atomic E-state index is 0.0464. The van der Waals surface area contributed by atoms with Gasteiger partial charge in [0.1, 0.15) is 6.29 Å². The Labute approximate surface area is 110 Å². The SMILES string of the molecule is CNCC(=O)N([C@H](C=O)CCCCN)C(C)(C)C. The Morgan fingerprint density at radius 2 is 2.00 bits per heavy atom. The van der Waals surface area contributed by atoms with E-state index in [0.717, 1.165) is 19.1 Å². The van der Waals surface area contributed by atoms with Gasteiger partial charge in [-0.1, -0.05) is 0 Å². The molecule has 0 rings (SSSR count). The molecule has 1 atom stereocenters. The number of likely N-dealkylation sites (N-methyl/N-ethyl adjacent to an activating group) is 1. The molecule has 0 aromatic heterocycles. The first kappa shape index (κ1) is 17.1. The zero-order valence-corrected chi connectivity index (χ0v) is 12.0. The van der Waals surface area contributed by atoms with Crippen LogP contribution >= 0.6 is 0 Å². The van der Waals surface area contributed by atoms with Crippen molar-refractivity contribution in [3.8, 4) is 0 Å². The van der Waals surface area contributed by atoms with E-state index in [1.165, 1.54) is 0 Å². The molecule has 3 N–H and O–H groups in total. The minimum atomic E-state index is -0.364. The third kappa shape index (κ3) is 5.60. The lowest BCUT2D eigenvalue weighted by Gasteiger charge is -2.39. The van der Waals surface area contributed by atoms with Crippen molar-refractivity contribution in [2.24, 2.45) is 5.73 Å². The maximum absolute atomic E-state index is 12.1. The fourth-order valence-corrected chi connectivity index (χ4v) is 2.05. The molecule has 0 saturated carbocycles. The summed E-state index contributed by atoms with van der Waals surface area (Å²) in [7, 11) is 1.73. The summed E-state index contributed by atoms with van der Waals surface area (Å²) >= 11 is 0. The van der Waals surface area contributed by atoms with Crippen molar-refractivity contribution in [1.82, 2.24) is 10.2 Å². The van der Waals surface area contributed by atoms with E-state index in [1.54, 1.807) is 11.9 Å². The van der Waals surface area contributed by atoms with E-state index in [9.17, 15) is 9.59 Å². The first-order chi connectivity index (χ1) is 8.38. The number of nitrogens with two attached hydrogens (primary N) is 1. The van der Waals surface area contributed by atoms with Crippen molar-refractivity contribution in [2.75, 3.05) is 20.1 Å². The molecule has 0 aromatic rings. The van der Waals surface area contributed by atoms with Gasteiger partial charge in [0, 0.05) is 5.54 Å². The molecule has 5 heteroatoms. The molecule has 0 saturated heterocycles. The van der Waals surface area contributed by atoms with E-state index in [2.05, 4.69) is 5.32 Å². The average molecular weight is 257 g/mol. The van der Waals surface area contributed by atoms with Crippen LogP contribution in [0.4, 0.5) is 0 Å². The van der Waals surface area contributed by atoms with Gasteiger partial charge in [0.2, 0.25) is 5.91 Å². The number of carbonyl (C=O) groups excluding carboxylic acids is 2. The van der Waals surface area contributed by atoms with Crippen molar-refractivity contribution < 1.29 is 9.59 Å². The molecule has 0 spiro atoms. The van der Waals surface area contributed by atoms with Gasteiger partial charge in [0.25, 0.3) is 0 Å². The van der Waals surface area contributed by atoms with Crippen LogP contribution in [0.1, 0.15) is 40.0 Å². The number of hydrogen-bond donors (Lipinski definition) is 2. The molecule has 0 aromatic carbocycles. The Balaban J connectivity index is 4.79. The van der Waals surface area contributed by atoms with Gasteiger partial charge in [-0.3, -0.25) is 4.79 Å². The Bertz CT molecular complexity index is 261. The van der Waals surface area contributed by atoms with Crippen LogP contribution in [0.3, 0.4) is 0 Å². The molecule has 1 amide bonds. The predicted molar refractivity (Wildman–Crippen MR) is 73.3 cm³/mol. The van der Waals surface area contributed by atoms with E-state index in [4.69, 9.17) is 5.73 Å². The van der Waals surface area contributed by atoms with Crippen molar-refractivity contribution in [1.29, 1.82) is 0 Å². The van der Waals surface area contributed by atoms with Crippen LogP contribution in [0.5, 0.6) is 0 Å². The lowest BCUT2D eigenvalue weighted by atomic mass is 9.99. The summed E-state index contributed by atoms with van der Waals surface area (Å²) in [5, 5.41) is 2.84. The molecule has 18 heavy (non-hydrogen) atoms. The normalized spacial score (nSPS) is 13.2. The molecule has 0 aliphatic carbocycles. The molecule has 0 aliphatic rings. The van der Waals surface area contributed by atoms with Crippen molar-refractivity contribution >= 4 is 12.2 Å². The fraction of sp³-hybridized carbons (Fsp3) is 0.846. The van der Waals surface area contributed by atoms with Gasteiger partial charge >= 0.3 is 0 Å². The first-order valence-corrected chi connectivity index (χ1v) is 6.50. The first-order valence-electron chi connectivity index (χ1n) is 6.50. The summed E-state index contributed by atoms with van der Waals surface area (Å²) in [5.74, 6) is -0.0464. The Kier molecular flexibility index (Phi) is 7.78. The van der Waals surface area contributed by atoms with Crippen LogP contribution in [0.2, 0.25) is 0 Å². The zero-order valence-electron chi connectivity index (χ0n) is 12.0. The van der Waals surface area contributed by atoms with E-state index in [0.29, 0.717) is 13.0 Å². The average Bonchev–Trinajstić information content (AvgIpc) is 2.26. The summed E-state index contributed by atoms with van der Waals surface area (Å²) in [6.07, 6.45) is 3.28. The number of aldehydes is 1. The van der Waals surface area contributed by atoms with Gasteiger partial charge < -0.3 is 20.7 Å². The predicted octanol–water partition coefficient (Wildman–Crippen LogP) is 0.529. The number of unbranched alkanes of at least 4 members (excludes halogenated alkanes) is 1. The number of nitrogens with one attached hydrogen (secondary N) is 1. The third-order valence-electron chi connectivity index (χ3n) is 2.76.